The van der Waals surface area contributed by atoms with Crippen LogP contribution in [0.2, 0.25) is 0 Å². The van der Waals surface area contributed by atoms with Crippen LogP contribution in [0, 0.1) is 11.8 Å². The minimum absolute atomic E-state index is 0.0206. The first-order valence-electron chi connectivity index (χ1n) is 6.69. The fraction of sp³-hybridized carbons (Fsp3) is 0.375. The molecule has 4 heteroatoms. The monoisotopic (exact) mass is 272 g/mol. The van der Waals surface area contributed by atoms with E-state index in [-0.39, 0.29) is 5.92 Å². The average molecular weight is 272 g/mol. The van der Waals surface area contributed by atoms with Crippen LogP contribution in [0.15, 0.2) is 36.4 Å². The van der Waals surface area contributed by atoms with Gasteiger partial charge in [0.1, 0.15) is 5.75 Å². The van der Waals surface area contributed by atoms with Crippen molar-refractivity contribution in [3.05, 3.63) is 42.0 Å². The van der Waals surface area contributed by atoms with Gasteiger partial charge >= 0.3 is 5.97 Å². The van der Waals surface area contributed by atoms with Crippen molar-refractivity contribution in [2.24, 2.45) is 11.8 Å². The molecule has 0 saturated heterocycles. The minimum Gasteiger partial charge on any atom is -0.497 e. The van der Waals surface area contributed by atoms with Crippen LogP contribution in [0.1, 0.15) is 23.2 Å². The summed E-state index contributed by atoms with van der Waals surface area (Å²) >= 11 is 0. The van der Waals surface area contributed by atoms with E-state index in [4.69, 9.17) is 9.47 Å². The van der Waals surface area contributed by atoms with Gasteiger partial charge in [0.15, 0.2) is 11.9 Å². The summed E-state index contributed by atoms with van der Waals surface area (Å²) in [7, 11) is 1.57. The molecule has 0 unspecified atom stereocenters. The van der Waals surface area contributed by atoms with E-state index in [9.17, 15) is 9.59 Å². The second-order valence-electron chi connectivity index (χ2n) is 5.38. The largest absolute Gasteiger partial charge is 0.497 e. The lowest BCUT2D eigenvalue weighted by atomic mass is 9.89. The Hall–Kier alpha value is -2.10. The number of rotatable bonds is 4. The number of fused-ring (bicyclic) bond motifs is 2. The Labute approximate surface area is 117 Å². The molecule has 2 aliphatic rings. The third-order valence-corrected chi connectivity index (χ3v) is 4.19. The van der Waals surface area contributed by atoms with E-state index in [2.05, 4.69) is 6.08 Å². The second-order valence-corrected chi connectivity index (χ2v) is 5.38. The Morgan fingerprint density at radius 1 is 1.30 bits per heavy atom. The van der Waals surface area contributed by atoms with Gasteiger partial charge in [-0.1, -0.05) is 12.2 Å². The Balaban J connectivity index is 1.77. The first-order valence-corrected chi connectivity index (χ1v) is 6.69. The quantitative estimate of drug-likeness (QED) is 0.480. The minimum atomic E-state index is -0.976. The number of carbonyl (C=O) groups excluding carboxylic acids is 2. The molecule has 0 aromatic heterocycles. The van der Waals surface area contributed by atoms with E-state index < -0.39 is 11.6 Å². The van der Waals surface area contributed by atoms with Crippen molar-refractivity contribution < 1.29 is 19.1 Å². The lowest BCUT2D eigenvalue weighted by Gasteiger charge is -2.29. The number of methoxy groups -OCH3 is 1. The maximum absolute atomic E-state index is 12.2. The molecular weight excluding hydrogens is 256 g/mol. The SMILES string of the molecule is COc1ccc(C(=O)O[C@]2(C=O)C[C@H]3C=C[C@@H]2C3)cc1. The van der Waals surface area contributed by atoms with E-state index in [1.54, 1.807) is 31.4 Å². The van der Waals surface area contributed by atoms with Gasteiger partial charge in [-0.25, -0.2) is 4.79 Å². The highest BCUT2D eigenvalue weighted by molar-refractivity contribution is 5.91. The molecule has 0 aliphatic heterocycles. The van der Waals surface area contributed by atoms with Crippen LogP contribution in [0.25, 0.3) is 0 Å². The van der Waals surface area contributed by atoms with Gasteiger partial charge in [-0.05, 0) is 36.6 Å². The molecule has 0 spiro atoms. The van der Waals surface area contributed by atoms with E-state index in [1.165, 1.54) is 0 Å². The molecule has 0 heterocycles. The smallest absolute Gasteiger partial charge is 0.339 e. The molecule has 104 valence electrons. The number of hydrogen-bond acceptors (Lipinski definition) is 4. The van der Waals surface area contributed by atoms with Gasteiger partial charge in [0.25, 0.3) is 0 Å². The molecule has 3 rings (SSSR count). The number of ether oxygens (including phenoxy) is 2. The molecular formula is C16H16O4. The molecule has 2 aliphatic carbocycles. The highest BCUT2D eigenvalue weighted by Crippen LogP contribution is 2.47. The van der Waals surface area contributed by atoms with E-state index >= 15 is 0 Å². The Kier molecular flexibility index (Phi) is 3.08. The van der Waals surface area contributed by atoms with E-state index in [0.29, 0.717) is 23.7 Å². The van der Waals surface area contributed by atoms with Gasteiger partial charge in [0.05, 0.1) is 12.7 Å². The zero-order valence-electron chi connectivity index (χ0n) is 11.2. The summed E-state index contributed by atoms with van der Waals surface area (Å²) in [5, 5.41) is 0. The number of carbonyl (C=O) groups is 2. The highest BCUT2D eigenvalue weighted by atomic mass is 16.6. The predicted octanol–water partition coefficient (Wildman–Crippen LogP) is 2.39. The van der Waals surface area contributed by atoms with Crippen LogP contribution in [-0.2, 0) is 9.53 Å². The van der Waals surface area contributed by atoms with Gasteiger partial charge in [0.2, 0.25) is 0 Å². The maximum atomic E-state index is 12.2. The average Bonchev–Trinajstić information content (AvgIpc) is 3.08. The van der Waals surface area contributed by atoms with Crippen molar-refractivity contribution in [1.29, 1.82) is 0 Å². The fourth-order valence-electron chi connectivity index (χ4n) is 3.08. The molecule has 1 saturated carbocycles. The summed E-state index contributed by atoms with van der Waals surface area (Å²) in [5.74, 6) is 0.594. The van der Waals surface area contributed by atoms with Crippen LogP contribution in [-0.4, -0.2) is 25.0 Å². The first-order chi connectivity index (χ1) is 9.66. The summed E-state index contributed by atoms with van der Waals surface area (Å²) in [4.78, 5) is 23.6. The normalized spacial score (nSPS) is 30.2. The molecule has 1 aromatic rings. The van der Waals surface area contributed by atoms with Crippen LogP contribution < -0.4 is 4.74 Å². The third kappa shape index (κ3) is 2.01. The van der Waals surface area contributed by atoms with Crippen molar-refractivity contribution in [2.75, 3.05) is 7.11 Å². The Bertz CT molecular complexity index is 560. The maximum Gasteiger partial charge on any atom is 0.339 e. The van der Waals surface area contributed by atoms with Crippen molar-refractivity contribution in [2.45, 2.75) is 18.4 Å². The van der Waals surface area contributed by atoms with Crippen molar-refractivity contribution >= 4 is 12.3 Å². The summed E-state index contributed by atoms with van der Waals surface area (Å²) in [6, 6.07) is 6.68. The number of esters is 1. The van der Waals surface area contributed by atoms with Crippen LogP contribution in [0.5, 0.6) is 5.75 Å². The molecule has 1 aromatic carbocycles. The predicted molar refractivity (Wildman–Crippen MR) is 72.6 cm³/mol. The molecule has 1 fully saturated rings. The van der Waals surface area contributed by atoms with Crippen LogP contribution >= 0.6 is 0 Å². The third-order valence-electron chi connectivity index (χ3n) is 4.19. The molecule has 2 bridgehead atoms. The Morgan fingerprint density at radius 2 is 2.05 bits per heavy atom. The van der Waals surface area contributed by atoms with Gasteiger partial charge in [-0.3, -0.25) is 4.79 Å². The lowest BCUT2D eigenvalue weighted by molar-refractivity contribution is -0.127. The summed E-state index contributed by atoms with van der Waals surface area (Å²) < 4.78 is 10.6. The molecule has 0 amide bonds. The zero-order chi connectivity index (χ0) is 14.2. The van der Waals surface area contributed by atoms with E-state index in [0.717, 1.165) is 12.7 Å². The van der Waals surface area contributed by atoms with Gasteiger partial charge in [0, 0.05) is 12.3 Å². The second kappa shape index (κ2) is 4.78. The summed E-state index contributed by atoms with van der Waals surface area (Å²) in [6.07, 6.45) is 6.38. The summed E-state index contributed by atoms with van der Waals surface area (Å²) in [5.41, 5.74) is -0.546. The molecule has 0 radical (unpaired) electrons. The molecule has 0 N–H and O–H groups in total. The van der Waals surface area contributed by atoms with Crippen LogP contribution in [0.4, 0.5) is 0 Å². The van der Waals surface area contributed by atoms with E-state index in [1.807, 2.05) is 6.08 Å². The zero-order valence-corrected chi connectivity index (χ0v) is 11.2. The van der Waals surface area contributed by atoms with Crippen LogP contribution in [0.3, 0.4) is 0 Å². The van der Waals surface area contributed by atoms with Crippen molar-refractivity contribution in [3.63, 3.8) is 0 Å². The first kappa shape index (κ1) is 12.9. The number of aldehydes is 1. The summed E-state index contributed by atoms with van der Waals surface area (Å²) in [6.45, 7) is 0. The topological polar surface area (TPSA) is 52.6 Å². The van der Waals surface area contributed by atoms with Crippen molar-refractivity contribution in [3.8, 4) is 5.75 Å². The molecule has 20 heavy (non-hydrogen) atoms. The molecule has 4 nitrogen and oxygen atoms in total. The standard InChI is InChI=1S/C16H16O4/c1-19-14-6-3-12(4-7-14)15(18)20-16(10-17)9-11-2-5-13(16)8-11/h2-7,10-11,13H,8-9H2,1H3/t11-,13+,16-/m0/s1. The highest BCUT2D eigenvalue weighted by Gasteiger charge is 2.51. The van der Waals surface area contributed by atoms with Crippen molar-refractivity contribution in [1.82, 2.24) is 0 Å². The molecule has 3 atom stereocenters. The lowest BCUT2D eigenvalue weighted by Crippen LogP contribution is -2.40. The fourth-order valence-corrected chi connectivity index (χ4v) is 3.08. The Morgan fingerprint density at radius 3 is 2.55 bits per heavy atom. The number of allylic oxidation sites excluding steroid dienone is 1. The number of benzene rings is 1. The van der Waals surface area contributed by atoms with Gasteiger partial charge < -0.3 is 9.47 Å². The number of hydrogen-bond donors (Lipinski definition) is 0. The van der Waals surface area contributed by atoms with Gasteiger partial charge in [-0.2, -0.15) is 0 Å². The van der Waals surface area contributed by atoms with Gasteiger partial charge in [-0.15, -0.1) is 0 Å².